The molecule has 0 atom stereocenters. The summed E-state index contributed by atoms with van der Waals surface area (Å²) in [5, 5.41) is 26.2. The Morgan fingerprint density at radius 3 is 2.42 bits per heavy atom. The minimum absolute atomic E-state index is 0.0576. The molecule has 1 saturated heterocycles. The monoisotopic (exact) mass is 463 g/mol. The molecule has 1 aromatic carbocycles. The number of amides is 1. The van der Waals surface area contributed by atoms with E-state index in [1.165, 1.54) is 18.7 Å². The number of nitrogens with one attached hydrogen (secondary N) is 2. The molecule has 2 N–H and O–H groups in total. The zero-order chi connectivity index (χ0) is 23.8. The first-order valence-corrected chi connectivity index (χ1v) is 11.9. The molecule has 3 rings (SSSR count). The molecule has 1 fully saturated rings. The largest absolute Gasteiger partial charge is 0.386 e. The Morgan fingerprint density at radius 2 is 1.79 bits per heavy atom. The van der Waals surface area contributed by atoms with E-state index in [9.17, 15) is 15.3 Å². The number of carbonyl (C=O) groups is 1. The fraction of sp³-hybridized carbons (Fsp3) is 0.417. The van der Waals surface area contributed by atoms with Crippen LogP contribution in [0.25, 0.3) is 0 Å². The fourth-order valence-electron chi connectivity index (χ4n) is 3.73. The van der Waals surface area contributed by atoms with Gasteiger partial charge in [0.25, 0.3) is 0 Å². The molecule has 0 saturated carbocycles. The van der Waals surface area contributed by atoms with Crippen LogP contribution in [0.15, 0.2) is 29.3 Å². The average Bonchev–Trinajstić information content (AvgIpc) is 3.05. The minimum atomic E-state index is -0.0576. The fourth-order valence-corrected chi connectivity index (χ4v) is 4.67. The SMILES string of the molecule is CNc1c(C#N)c(SCc2ccc(CNC(C)=O)cc2)nc(N2CCCN(C)CC2)c1C#N. The van der Waals surface area contributed by atoms with E-state index >= 15 is 0 Å². The summed E-state index contributed by atoms with van der Waals surface area (Å²) >= 11 is 1.49. The second-order valence-electron chi connectivity index (χ2n) is 8.00. The molecule has 8 nitrogen and oxygen atoms in total. The number of pyridine rings is 1. The van der Waals surface area contributed by atoms with Crippen LogP contribution in [-0.4, -0.2) is 56.1 Å². The lowest BCUT2D eigenvalue weighted by atomic mass is 10.1. The molecule has 33 heavy (non-hydrogen) atoms. The van der Waals surface area contributed by atoms with Gasteiger partial charge in [0, 0.05) is 45.9 Å². The summed E-state index contributed by atoms with van der Waals surface area (Å²) in [6, 6.07) is 12.5. The number of nitriles is 2. The first-order valence-electron chi connectivity index (χ1n) is 10.9. The Kier molecular flexibility index (Phi) is 8.53. The molecule has 9 heteroatoms. The van der Waals surface area contributed by atoms with Crippen molar-refractivity contribution in [1.82, 2.24) is 15.2 Å². The topological polar surface area (TPSA) is 108 Å². The van der Waals surface area contributed by atoms with Gasteiger partial charge in [0.05, 0.1) is 5.69 Å². The lowest BCUT2D eigenvalue weighted by molar-refractivity contribution is -0.119. The smallest absolute Gasteiger partial charge is 0.217 e. The highest BCUT2D eigenvalue weighted by Crippen LogP contribution is 2.36. The Balaban J connectivity index is 1.87. The first kappa shape index (κ1) is 24.4. The van der Waals surface area contributed by atoms with Gasteiger partial charge in [-0.05, 0) is 31.1 Å². The van der Waals surface area contributed by atoms with E-state index in [2.05, 4.69) is 39.6 Å². The molecule has 1 aliphatic rings. The molecular weight excluding hydrogens is 434 g/mol. The van der Waals surface area contributed by atoms with Crippen molar-refractivity contribution in [3.8, 4) is 12.1 Å². The van der Waals surface area contributed by atoms with Gasteiger partial charge in [-0.3, -0.25) is 4.79 Å². The summed E-state index contributed by atoms with van der Waals surface area (Å²) in [6.07, 6.45) is 0.991. The number of benzene rings is 1. The number of hydrogen-bond acceptors (Lipinski definition) is 8. The van der Waals surface area contributed by atoms with Gasteiger partial charge in [-0.25, -0.2) is 4.98 Å². The van der Waals surface area contributed by atoms with E-state index in [1.54, 1.807) is 7.05 Å². The highest BCUT2D eigenvalue weighted by Gasteiger charge is 2.24. The second kappa shape index (κ2) is 11.6. The average molecular weight is 464 g/mol. The van der Waals surface area contributed by atoms with Crippen molar-refractivity contribution in [3.05, 3.63) is 46.5 Å². The van der Waals surface area contributed by atoms with Gasteiger partial charge >= 0.3 is 0 Å². The summed E-state index contributed by atoms with van der Waals surface area (Å²) in [5.41, 5.74) is 3.47. The number of anilines is 2. The molecule has 0 spiro atoms. The van der Waals surface area contributed by atoms with E-state index in [0.717, 1.165) is 43.7 Å². The molecule has 1 aliphatic heterocycles. The van der Waals surface area contributed by atoms with E-state index in [1.807, 2.05) is 24.3 Å². The number of rotatable bonds is 7. The maximum atomic E-state index is 11.1. The number of hydrogen-bond donors (Lipinski definition) is 2. The molecule has 0 aliphatic carbocycles. The van der Waals surface area contributed by atoms with Crippen molar-refractivity contribution in [2.45, 2.75) is 30.7 Å². The number of carbonyl (C=O) groups excluding carboxylic acids is 1. The van der Waals surface area contributed by atoms with E-state index in [0.29, 0.717) is 40.0 Å². The normalized spacial score (nSPS) is 14.2. The molecule has 0 unspecified atom stereocenters. The van der Waals surface area contributed by atoms with Crippen molar-refractivity contribution in [2.75, 3.05) is 50.5 Å². The van der Waals surface area contributed by atoms with Gasteiger partial charge in [0.15, 0.2) is 0 Å². The van der Waals surface area contributed by atoms with Crippen molar-refractivity contribution < 1.29 is 4.79 Å². The van der Waals surface area contributed by atoms with Crippen molar-refractivity contribution in [1.29, 1.82) is 10.5 Å². The van der Waals surface area contributed by atoms with Gasteiger partial charge in [0.2, 0.25) is 5.91 Å². The molecule has 1 amide bonds. The Morgan fingerprint density at radius 1 is 1.09 bits per heavy atom. The zero-order valence-corrected chi connectivity index (χ0v) is 20.1. The van der Waals surface area contributed by atoms with Crippen LogP contribution < -0.4 is 15.5 Å². The number of thioether (sulfide) groups is 1. The highest BCUT2D eigenvalue weighted by molar-refractivity contribution is 7.98. The van der Waals surface area contributed by atoms with Crippen molar-refractivity contribution >= 4 is 29.2 Å². The summed E-state index contributed by atoms with van der Waals surface area (Å²) in [7, 11) is 3.84. The third-order valence-electron chi connectivity index (χ3n) is 5.58. The van der Waals surface area contributed by atoms with Crippen molar-refractivity contribution in [2.24, 2.45) is 0 Å². The first-order chi connectivity index (χ1) is 16.0. The summed E-state index contributed by atoms with van der Waals surface area (Å²) in [6.45, 7) is 5.51. The number of aromatic nitrogens is 1. The Hall–Kier alpha value is -3.27. The van der Waals surface area contributed by atoms with Crippen molar-refractivity contribution in [3.63, 3.8) is 0 Å². The van der Waals surface area contributed by atoms with Gasteiger partial charge in [-0.15, -0.1) is 11.8 Å². The lowest BCUT2D eigenvalue weighted by Crippen LogP contribution is -2.30. The van der Waals surface area contributed by atoms with Gasteiger partial charge in [-0.2, -0.15) is 10.5 Å². The van der Waals surface area contributed by atoms with E-state index < -0.39 is 0 Å². The maximum Gasteiger partial charge on any atom is 0.217 e. The van der Waals surface area contributed by atoms with E-state index in [-0.39, 0.29) is 5.91 Å². The molecule has 2 heterocycles. The lowest BCUT2D eigenvalue weighted by Gasteiger charge is -2.25. The van der Waals surface area contributed by atoms with E-state index in [4.69, 9.17) is 4.98 Å². The van der Waals surface area contributed by atoms with Crippen LogP contribution in [0.5, 0.6) is 0 Å². The van der Waals surface area contributed by atoms with Gasteiger partial charge in [0.1, 0.15) is 34.1 Å². The van der Waals surface area contributed by atoms with Crippen LogP contribution in [0.1, 0.15) is 35.6 Å². The van der Waals surface area contributed by atoms with Crippen LogP contribution in [0.2, 0.25) is 0 Å². The van der Waals surface area contributed by atoms with Crippen LogP contribution in [0, 0.1) is 22.7 Å². The van der Waals surface area contributed by atoms with Gasteiger partial charge in [-0.1, -0.05) is 24.3 Å². The maximum absolute atomic E-state index is 11.1. The highest BCUT2D eigenvalue weighted by atomic mass is 32.2. The molecule has 0 radical (unpaired) electrons. The third-order valence-corrected chi connectivity index (χ3v) is 6.62. The molecule has 0 bridgehead atoms. The van der Waals surface area contributed by atoms with Gasteiger partial charge < -0.3 is 20.4 Å². The van der Waals surface area contributed by atoms with Crippen LogP contribution in [0.4, 0.5) is 11.5 Å². The Labute approximate surface area is 199 Å². The predicted molar refractivity (Wildman–Crippen MR) is 131 cm³/mol. The standard InChI is InChI=1S/C24H29N7OS/c1-17(32)28-15-18-5-7-19(8-6-18)16-33-24-21(14-26)22(27-2)20(13-25)23(29-24)31-10-4-9-30(3)11-12-31/h5-8H,4,9-12,15-16H2,1-3H3,(H,27,29)(H,28,32). The number of likely N-dealkylation sites (N-methyl/N-ethyl adjacent to an activating group) is 1. The molecule has 2 aromatic rings. The summed E-state index contributed by atoms with van der Waals surface area (Å²) < 4.78 is 0. The Bertz CT molecular complexity index is 1070. The third kappa shape index (κ3) is 6.16. The number of nitrogens with zero attached hydrogens (tertiary/aromatic N) is 5. The predicted octanol–water partition coefficient (Wildman–Crippen LogP) is 2.94. The molecule has 1 aromatic heterocycles. The van der Waals surface area contributed by atoms with Crippen LogP contribution in [-0.2, 0) is 17.1 Å². The minimum Gasteiger partial charge on any atom is -0.386 e. The second-order valence-corrected chi connectivity index (χ2v) is 8.96. The zero-order valence-electron chi connectivity index (χ0n) is 19.3. The van der Waals surface area contributed by atoms with Crippen LogP contribution in [0.3, 0.4) is 0 Å². The molecular formula is C24H29N7OS. The molecule has 172 valence electrons. The quantitative estimate of drug-likeness (QED) is 0.604. The summed E-state index contributed by atoms with van der Waals surface area (Å²) in [4.78, 5) is 20.4. The van der Waals surface area contributed by atoms with Crippen LogP contribution >= 0.6 is 11.8 Å². The summed E-state index contributed by atoms with van der Waals surface area (Å²) in [5.74, 6) is 1.22.